The van der Waals surface area contributed by atoms with Crippen LogP contribution in [-0.2, 0) is 9.53 Å². The minimum absolute atomic E-state index is 0.0495. The van der Waals surface area contributed by atoms with Crippen molar-refractivity contribution in [2.24, 2.45) is 5.92 Å². The van der Waals surface area contributed by atoms with Crippen LogP contribution >= 0.6 is 0 Å². The number of ether oxygens (including phenoxy) is 1. The van der Waals surface area contributed by atoms with Crippen molar-refractivity contribution in [1.82, 2.24) is 0 Å². The second-order valence-electron chi connectivity index (χ2n) is 3.38. The first-order valence-electron chi connectivity index (χ1n) is 4.78. The van der Waals surface area contributed by atoms with Crippen molar-refractivity contribution in [2.45, 2.75) is 32.8 Å². The summed E-state index contributed by atoms with van der Waals surface area (Å²) >= 11 is 0. The van der Waals surface area contributed by atoms with Gasteiger partial charge >= 0.3 is 5.97 Å². The van der Waals surface area contributed by atoms with Gasteiger partial charge in [-0.3, -0.25) is 0 Å². The lowest BCUT2D eigenvalue weighted by Gasteiger charge is -2.15. The van der Waals surface area contributed by atoms with E-state index in [1.54, 1.807) is 0 Å². The monoisotopic (exact) mass is 180 g/mol. The smallest absolute Gasteiger partial charge is 0.331 e. The van der Waals surface area contributed by atoms with Gasteiger partial charge in [-0.2, -0.15) is 0 Å². The molecule has 0 aromatic rings. The maximum atomic E-state index is 10.8. The van der Waals surface area contributed by atoms with Gasteiger partial charge in [0.05, 0.1) is 0 Å². The first kappa shape index (κ1) is 10.0. The highest BCUT2D eigenvalue weighted by molar-refractivity contribution is 5.82. The zero-order valence-corrected chi connectivity index (χ0v) is 8.19. The van der Waals surface area contributed by atoms with Crippen LogP contribution in [0.1, 0.15) is 26.7 Å². The number of rotatable bonds is 3. The highest BCUT2D eigenvalue weighted by atomic mass is 16.5. The predicted octanol–water partition coefficient (Wildman–Crippen LogP) is 2.46. The van der Waals surface area contributed by atoms with Gasteiger partial charge in [0.15, 0.2) is 0 Å². The molecule has 0 aromatic carbocycles. The SMILES string of the molecule is CC[C@@H](C)/C=C/[C@H]1CC=CC(=O)O1. The van der Waals surface area contributed by atoms with Crippen molar-refractivity contribution in [1.29, 1.82) is 0 Å². The van der Waals surface area contributed by atoms with Crippen LogP contribution in [0.4, 0.5) is 0 Å². The highest BCUT2D eigenvalue weighted by Gasteiger charge is 2.12. The van der Waals surface area contributed by atoms with E-state index in [9.17, 15) is 4.79 Å². The van der Waals surface area contributed by atoms with Crippen LogP contribution in [0.2, 0.25) is 0 Å². The molecule has 1 heterocycles. The minimum atomic E-state index is -0.231. The average molecular weight is 180 g/mol. The first-order chi connectivity index (χ1) is 6.22. The van der Waals surface area contributed by atoms with E-state index in [0.29, 0.717) is 5.92 Å². The van der Waals surface area contributed by atoms with Crippen LogP contribution in [0.5, 0.6) is 0 Å². The van der Waals surface area contributed by atoms with Crippen LogP contribution in [0.15, 0.2) is 24.3 Å². The zero-order valence-electron chi connectivity index (χ0n) is 8.19. The third-order valence-corrected chi connectivity index (χ3v) is 2.19. The third kappa shape index (κ3) is 3.45. The molecule has 0 aromatic heterocycles. The Balaban J connectivity index is 2.41. The molecule has 2 heteroatoms. The van der Waals surface area contributed by atoms with Crippen LogP contribution in [0, 0.1) is 5.92 Å². The summed E-state index contributed by atoms with van der Waals surface area (Å²) in [4.78, 5) is 10.8. The van der Waals surface area contributed by atoms with Gasteiger partial charge in [-0.25, -0.2) is 4.79 Å². The van der Waals surface area contributed by atoms with Crippen molar-refractivity contribution >= 4 is 5.97 Å². The van der Waals surface area contributed by atoms with Crippen molar-refractivity contribution in [3.63, 3.8) is 0 Å². The summed E-state index contributed by atoms with van der Waals surface area (Å²) in [6.07, 6.45) is 9.30. The lowest BCUT2D eigenvalue weighted by Crippen LogP contribution is -2.17. The fourth-order valence-electron chi connectivity index (χ4n) is 1.10. The number of carbonyl (C=O) groups excluding carboxylic acids is 1. The van der Waals surface area contributed by atoms with E-state index < -0.39 is 0 Å². The Labute approximate surface area is 79.3 Å². The van der Waals surface area contributed by atoms with E-state index in [0.717, 1.165) is 12.8 Å². The number of cyclic esters (lactones) is 1. The van der Waals surface area contributed by atoms with Crippen LogP contribution in [0.25, 0.3) is 0 Å². The Bertz CT molecular complexity index is 228. The van der Waals surface area contributed by atoms with Gasteiger partial charge in [-0.05, 0) is 12.0 Å². The van der Waals surface area contributed by atoms with Crippen molar-refractivity contribution < 1.29 is 9.53 Å². The number of hydrogen-bond donors (Lipinski definition) is 0. The fraction of sp³-hybridized carbons (Fsp3) is 0.545. The van der Waals surface area contributed by atoms with E-state index in [2.05, 4.69) is 19.9 Å². The molecule has 0 aliphatic carbocycles. The van der Waals surface area contributed by atoms with Gasteiger partial charge in [0.25, 0.3) is 0 Å². The first-order valence-corrected chi connectivity index (χ1v) is 4.78. The molecule has 0 fully saturated rings. The molecule has 0 spiro atoms. The predicted molar refractivity (Wildman–Crippen MR) is 52.2 cm³/mol. The lowest BCUT2D eigenvalue weighted by atomic mass is 10.1. The maximum Gasteiger partial charge on any atom is 0.331 e. The number of carbonyl (C=O) groups is 1. The van der Waals surface area contributed by atoms with E-state index in [-0.39, 0.29) is 12.1 Å². The summed E-state index contributed by atoms with van der Waals surface area (Å²) in [5.41, 5.74) is 0. The molecule has 0 saturated heterocycles. The van der Waals surface area contributed by atoms with Crippen molar-refractivity contribution in [3.05, 3.63) is 24.3 Å². The zero-order chi connectivity index (χ0) is 9.68. The second-order valence-corrected chi connectivity index (χ2v) is 3.38. The van der Waals surface area contributed by atoms with Gasteiger partial charge in [0.1, 0.15) is 6.10 Å². The molecule has 0 saturated carbocycles. The number of hydrogen-bond acceptors (Lipinski definition) is 2. The van der Waals surface area contributed by atoms with Gasteiger partial charge in [0.2, 0.25) is 0 Å². The Hall–Kier alpha value is -1.05. The molecule has 0 bridgehead atoms. The molecule has 0 radical (unpaired) electrons. The Kier molecular flexibility index (Phi) is 3.74. The molecule has 13 heavy (non-hydrogen) atoms. The quantitative estimate of drug-likeness (QED) is 0.492. The number of allylic oxidation sites excluding steroid dienone is 1. The Morgan fingerprint density at radius 1 is 1.77 bits per heavy atom. The topological polar surface area (TPSA) is 26.3 Å². The fourth-order valence-corrected chi connectivity index (χ4v) is 1.10. The van der Waals surface area contributed by atoms with Gasteiger partial charge < -0.3 is 4.74 Å². The van der Waals surface area contributed by atoms with Crippen molar-refractivity contribution in [2.75, 3.05) is 0 Å². The standard InChI is InChI=1S/C11H16O2/c1-3-9(2)7-8-10-5-4-6-11(12)13-10/h4,6-10H,3,5H2,1-2H3/b8-7+/t9-,10-/m1/s1. The molecular weight excluding hydrogens is 164 g/mol. The molecule has 1 aliphatic rings. The largest absolute Gasteiger partial charge is 0.455 e. The molecule has 1 rings (SSSR count). The highest BCUT2D eigenvalue weighted by Crippen LogP contribution is 2.11. The normalized spacial score (nSPS) is 24.8. The van der Waals surface area contributed by atoms with E-state index in [4.69, 9.17) is 4.74 Å². The molecule has 0 N–H and O–H groups in total. The maximum absolute atomic E-state index is 10.8. The summed E-state index contributed by atoms with van der Waals surface area (Å²) in [5.74, 6) is 0.328. The average Bonchev–Trinajstić information content (AvgIpc) is 2.14. The minimum Gasteiger partial charge on any atom is -0.455 e. The van der Waals surface area contributed by atoms with Gasteiger partial charge in [0, 0.05) is 12.5 Å². The lowest BCUT2D eigenvalue weighted by molar-refractivity contribution is -0.141. The molecule has 2 nitrogen and oxygen atoms in total. The summed E-state index contributed by atoms with van der Waals surface area (Å²) in [6.45, 7) is 4.29. The molecule has 0 unspecified atom stereocenters. The van der Waals surface area contributed by atoms with E-state index >= 15 is 0 Å². The van der Waals surface area contributed by atoms with E-state index in [1.807, 2.05) is 12.2 Å². The molecular formula is C11H16O2. The molecule has 2 atom stereocenters. The third-order valence-electron chi connectivity index (χ3n) is 2.19. The molecule has 1 aliphatic heterocycles. The van der Waals surface area contributed by atoms with E-state index in [1.165, 1.54) is 6.08 Å². The second kappa shape index (κ2) is 4.85. The molecule has 0 amide bonds. The Morgan fingerprint density at radius 3 is 3.15 bits per heavy atom. The van der Waals surface area contributed by atoms with Crippen LogP contribution in [0.3, 0.4) is 0 Å². The van der Waals surface area contributed by atoms with Crippen molar-refractivity contribution in [3.8, 4) is 0 Å². The number of esters is 1. The Morgan fingerprint density at radius 2 is 2.54 bits per heavy atom. The van der Waals surface area contributed by atoms with Crippen LogP contribution in [-0.4, -0.2) is 12.1 Å². The molecule has 72 valence electrons. The van der Waals surface area contributed by atoms with Crippen LogP contribution < -0.4 is 0 Å². The van der Waals surface area contributed by atoms with Gasteiger partial charge in [-0.15, -0.1) is 0 Å². The summed E-state index contributed by atoms with van der Waals surface area (Å²) in [7, 11) is 0. The summed E-state index contributed by atoms with van der Waals surface area (Å²) < 4.78 is 5.07. The van der Waals surface area contributed by atoms with Gasteiger partial charge in [-0.1, -0.05) is 32.4 Å². The summed E-state index contributed by atoms with van der Waals surface area (Å²) in [6, 6.07) is 0. The summed E-state index contributed by atoms with van der Waals surface area (Å²) in [5, 5.41) is 0.